The minimum atomic E-state index is -3.42. The minimum Gasteiger partial charge on any atom is -0.497 e. The van der Waals surface area contributed by atoms with Gasteiger partial charge in [-0.25, -0.2) is 13.1 Å². The summed E-state index contributed by atoms with van der Waals surface area (Å²) in [5.41, 5.74) is 0. The second-order valence-corrected chi connectivity index (χ2v) is 6.68. The molecule has 0 aliphatic carbocycles. The van der Waals surface area contributed by atoms with Gasteiger partial charge in [-0.1, -0.05) is 0 Å². The molecule has 1 aliphatic rings. The summed E-state index contributed by atoms with van der Waals surface area (Å²) < 4.78 is 37.1. The molecule has 0 bridgehead atoms. The molecule has 6 heteroatoms. The molecule has 0 aromatic heterocycles. The molecule has 0 atom stereocenters. The van der Waals surface area contributed by atoms with Gasteiger partial charge in [0.05, 0.1) is 12.0 Å². The summed E-state index contributed by atoms with van der Waals surface area (Å²) >= 11 is 0. The summed E-state index contributed by atoms with van der Waals surface area (Å²) in [7, 11) is -1.87. The summed E-state index contributed by atoms with van der Waals surface area (Å²) in [6.45, 7) is 2.05. The first-order chi connectivity index (χ1) is 9.62. The van der Waals surface area contributed by atoms with Crippen molar-refractivity contribution in [1.29, 1.82) is 0 Å². The number of sulfonamides is 1. The Hall–Kier alpha value is -1.11. The summed E-state index contributed by atoms with van der Waals surface area (Å²) in [6, 6.07) is 6.39. The van der Waals surface area contributed by atoms with Gasteiger partial charge in [0.15, 0.2) is 0 Å². The molecule has 1 aliphatic heterocycles. The van der Waals surface area contributed by atoms with Crippen molar-refractivity contribution in [2.75, 3.05) is 26.9 Å². The predicted molar refractivity (Wildman–Crippen MR) is 76.3 cm³/mol. The molecule has 1 N–H and O–H groups in total. The first-order valence-corrected chi connectivity index (χ1v) is 8.31. The number of benzene rings is 1. The van der Waals surface area contributed by atoms with E-state index in [1.54, 1.807) is 31.4 Å². The third-order valence-corrected chi connectivity index (χ3v) is 5.03. The maximum absolute atomic E-state index is 12.1. The average Bonchev–Trinajstić information content (AvgIpc) is 2.48. The molecule has 112 valence electrons. The standard InChI is InChI=1S/C14H21NO4S/c1-18-13-2-4-14(5-3-13)20(16,17)15-9-6-12-7-10-19-11-8-12/h2-5,12,15H,6-11H2,1H3. The number of methoxy groups -OCH3 is 1. The van der Waals surface area contributed by atoms with Gasteiger partial charge in [0, 0.05) is 19.8 Å². The van der Waals surface area contributed by atoms with Gasteiger partial charge in [-0.05, 0) is 49.4 Å². The summed E-state index contributed by atoms with van der Waals surface area (Å²) in [6.07, 6.45) is 2.90. The molecule has 5 nitrogen and oxygen atoms in total. The van der Waals surface area contributed by atoms with Crippen LogP contribution in [0.15, 0.2) is 29.2 Å². The molecular formula is C14H21NO4S. The molecule has 1 heterocycles. The summed E-state index contributed by atoms with van der Waals surface area (Å²) in [4.78, 5) is 0.269. The van der Waals surface area contributed by atoms with Crippen LogP contribution < -0.4 is 9.46 Å². The van der Waals surface area contributed by atoms with E-state index in [9.17, 15) is 8.42 Å². The molecule has 1 aromatic carbocycles. The Morgan fingerprint density at radius 1 is 1.25 bits per heavy atom. The van der Waals surface area contributed by atoms with E-state index in [-0.39, 0.29) is 4.90 Å². The van der Waals surface area contributed by atoms with Crippen molar-refractivity contribution < 1.29 is 17.9 Å². The SMILES string of the molecule is COc1ccc(S(=O)(=O)NCCC2CCOCC2)cc1. The third kappa shape index (κ3) is 4.19. The quantitative estimate of drug-likeness (QED) is 0.870. The number of hydrogen-bond acceptors (Lipinski definition) is 4. The maximum atomic E-state index is 12.1. The van der Waals surface area contributed by atoms with Crippen LogP contribution in [-0.4, -0.2) is 35.3 Å². The normalized spacial score (nSPS) is 17.1. The van der Waals surface area contributed by atoms with Crippen LogP contribution in [0.4, 0.5) is 0 Å². The van der Waals surface area contributed by atoms with Crippen LogP contribution in [0.25, 0.3) is 0 Å². The van der Waals surface area contributed by atoms with Crippen LogP contribution in [0, 0.1) is 5.92 Å². The van der Waals surface area contributed by atoms with Gasteiger partial charge in [-0.3, -0.25) is 0 Å². The minimum absolute atomic E-state index is 0.269. The number of rotatable bonds is 6. The van der Waals surface area contributed by atoms with Crippen molar-refractivity contribution in [3.05, 3.63) is 24.3 Å². The van der Waals surface area contributed by atoms with Crippen molar-refractivity contribution in [3.63, 3.8) is 0 Å². The highest BCUT2D eigenvalue weighted by atomic mass is 32.2. The zero-order valence-electron chi connectivity index (χ0n) is 11.7. The predicted octanol–water partition coefficient (Wildman–Crippen LogP) is 1.79. The van der Waals surface area contributed by atoms with E-state index in [1.807, 2.05) is 0 Å². The van der Waals surface area contributed by atoms with Crippen molar-refractivity contribution in [2.45, 2.75) is 24.2 Å². The van der Waals surface area contributed by atoms with E-state index >= 15 is 0 Å². The lowest BCUT2D eigenvalue weighted by molar-refractivity contribution is 0.0644. The van der Waals surface area contributed by atoms with Crippen LogP contribution in [-0.2, 0) is 14.8 Å². The molecule has 0 amide bonds. The van der Waals surface area contributed by atoms with E-state index < -0.39 is 10.0 Å². The van der Waals surface area contributed by atoms with Gasteiger partial charge >= 0.3 is 0 Å². The van der Waals surface area contributed by atoms with Crippen LogP contribution >= 0.6 is 0 Å². The zero-order valence-corrected chi connectivity index (χ0v) is 12.5. The van der Waals surface area contributed by atoms with Crippen molar-refractivity contribution in [1.82, 2.24) is 4.72 Å². The second kappa shape index (κ2) is 7.06. The Morgan fingerprint density at radius 2 is 1.90 bits per heavy atom. The molecule has 20 heavy (non-hydrogen) atoms. The van der Waals surface area contributed by atoms with E-state index in [2.05, 4.69) is 4.72 Å². The maximum Gasteiger partial charge on any atom is 0.240 e. The van der Waals surface area contributed by atoms with E-state index in [4.69, 9.17) is 9.47 Å². The first kappa shape index (κ1) is 15.3. The Bertz CT molecular complexity index is 506. The van der Waals surface area contributed by atoms with Gasteiger partial charge in [0.1, 0.15) is 5.75 Å². The number of hydrogen-bond donors (Lipinski definition) is 1. The van der Waals surface area contributed by atoms with Crippen LogP contribution in [0.3, 0.4) is 0 Å². The Balaban J connectivity index is 1.86. The molecule has 2 rings (SSSR count). The molecule has 1 fully saturated rings. The van der Waals surface area contributed by atoms with Gasteiger partial charge in [0.2, 0.25) is 10.0 Å². The fourth-order valence-electron chi connectivity index (χ4n) is 2.27. The van der Waals surface area contributed by atoms with Gasteiger partial charge in [-0.15, -0.1) is 0 Å². The van der Waals surface area contributed by atoms with Crippen LogP contribution in [0.5, 0.6) is 5.75 Å². The van der Waals surface area contributed by atoms with E-state index in [0.29, 0.717) is 18.2 Å². The summed E-state index contributed by atoms with van der Waals surface area (Å²) in [5.74, 6) is 1.20. The molecule has 1 saturated heterocycles. The van der Waals surface area contributed by atoms with Crippen molar-refractivity contribution in [2.24, 2.45) is 5.92 Å². The highest BCUT2D eigenvalue weighted by molar-refractivity contribution is 7.89. The van der Waals surface area contributed by atoms with Crippen molar-refractivity contribution >= 4 is 10.0 Å². The van der Waals surface area contributed by atoms with E-state index in [1.165, 1.54) is 0 Å². The van der Waals surface area contributed by atoms with Gasteiger partial charge in [0.25, 0.3) is 0 Å². The lowest BCUT2D eigenvalue weighted by Crippen LogP contribution is -2.27. The number of nitrogens with one attached hydrogen (secondary N) is 1. The number of ether oxygens (including phenoxy) is 2. The fourth-order valence-corrected chi connectivity index (χ4v) is 3.32. The molecule has 1 aromatic rings. The van der Waals surface area contributed by atoms with E-state index in [0.717, 1.165) is 32.5 Å². The van der Waals surface area contributed by atoms with Gasteiger partial charge < -0.3 is 9.47 Å². The Kier molecular flexibility index (Phi) is 5.39. The molecular weight excluding hydrogens is 278 g/mol. The van der Waals surface area contributed by atoms with Crippen LogP contribution in [0.2, 0.25) is 0 Å². The highest BCUT2D eigenvalue weighted by Crippen LogP contribution is 2.19. The lowest BCUT2D eigenvalue weighted by Gasteiger charge is -2.21. The largest absolute Gasteiger partial charge is 0.497 e. The second-order valence-electron chi connectivity index (χ2n) is 4.92. The highest BCUT2D eigenvalue weighted by Gasteiger charge is 2.17. The molecule has 0 saturated carbocycles. The first-order valence-electron chi connectivity index (χ1n) is 6.83. The average molecular weight is 299 g/mol. The van der Waals surface area contributed by atoms with Gasteiger partial charge in [-0.2, -0.15) is 0 Å². The van der Waals surface area contributed by atoms with Crippen LogP contribution in [0.1, 0.15) is 19.3 Å². The van der Waals surface area contributed by atoms with Crippen molar-refractivity contribution in [3.8, 4) is 5.75 Å². The lowest BCUT2D eigenvalue weighted by atomic mass is 9.97. The monoisotopic (exact) mass is 299 g/mol. The summed E-state index contributed by atoms with van der Waals surface area (Å²) in [5, 5.41) is 0. The zero-order chi connectivity index (χ0) is 14.4. The molecule has 0 spiro atoms. The Labute approximate surface area is 120 Å². The fraction of sp³-hybridized carbons (Fsp3) is 0.571. The topological polar surface area (TPSA) is 64.6 Å². The smallest absolute Gasteiger partial charge is 0.240 e. The Morgan fingerprint density at radius 3 is 2.50 bits per heavy atom. The third-order valence-electron chi connectivity index (χ3n) is 3.56. The molecule has 0 radical (unpaired) electrons. The molecule has 0 unspecified atom stereocenters.